The minimum Gasteiger partial charge on any atom is -0.352 e. The zero-order valence-electron chi connectivity index (χ0n) is 17.2. The number of hydrogen-bond donors (Lipinski definition) is 2. The van der Waals surface area contributed by atoms with E-state index in [0.29, 0.717) is 6.54 Å². The van der Waals surface area contributed by atoms with Gasteiger partial charge in [0, 0.05) is 31.4 Å². The van der Waals surface area contributed by atoms with Gasteiger partial charge in [0.2, 0.25) is 0 Å². The lowest BCUT2D eigenvalue weighted by Crippen LogP contribution is -2.36. The van der Waals surface area contributed by atoms with Crippen molar-refractivity contribution in [1.82, 2.24) is 20.4 Å². The third kappa shape index (κ3) is 4.80. The Morgan fingerprint density at radius 1 is 0.929 bits per heavy atom. The zero-order chi connectivity index (χ0) is 19.9. The molecular formula is C23H29N5. The Hall–Kier alpha value is -3.08. The first-order valence-electron chi connectivity index (χ1n) is 9.64. The summed E-state index contributed by atoms with van der Waals surface area (Å²) in [5.74, 6) is 0.790. The molecule has 0 bridgehead atoms. The van der Waals surface area contributed by atoms with E-state index in [9.17, 15) is 0 Å². The van der Waals surface area contributed by atoms with Gasteiger partial charge in [-0.1, -0.05) is 54.6 Å². The summed E-state index contributed by atoms with van der Waals surface area (Å²) in [5, 5.41) is 11.5. The Labute approximate surface area is 167 Å². The highest BCUT2D eigenvalue weighted by Gasteiger charge is 2.12. The highest BCUT2D eigenvalue weighted by molar-refractivity contribution is 5.79. The van der Waals surface area contributed by atoms with Gasteiger partial charge in [0.1, 0.15) is 0 Å². The van der Waals surface area contributed by atoms with Gasteiger partial charge >= 0.3 is 0 Å². The Bertz CT molecular complexity index is 941. The van der Waals surface area contributed by atoms with Crippen LogP contribution in [0, 0.1) is 20.8 Å². The maximum atomic E-state index is 4.73. The summed E-state index contributed by atoms with van der Waals surface area (Å²) in [7, 11) is 1.80. The topological polar surface area (TPSA) is 54.2 Å². The van der Waals surface area contributed by atoms with Crippen LogP contribution in [0.25, 0.3) is 0 Å². The normalized spacial score (nSPS) is 11.5. The molecule has 3 rings (SSSR count). The molecule has 3 aromatic rings. The highest BCUT2D eigenvalue weighted by atomic mass is 15.3. The second kappa shape index (κ2) is 9.22. The van der Waals surface area contributed by atoms with Gasteiger partial charge in [0.05, 0.1) is 12.2 Å². The highest BCUT2D eigenvalue weighted by Crippen LogP contribution is 2.14. The molecular weight excluding hydrogens is 346 g/mol. The molecule has 0 atom stereocenters. The Balaban J connectivity index is 1.62. The predicted molar refractivity (Wildman–Crippen MR) is 115 cm³/mol. The molecule has 5 heteroatoms. The van der Waals surface area contributed by atoms with Crippen molar-refractivity contribution in [2.75, 3.05) is 7.05 Å². The number of aryl methyl sites for hydroxylation is 2. The van der Waals surface area contributed by atoms with Crippen molar-refractivity contribution in [3.63, 3.8) is 0 Å². The van der Waals surface area contributed by atoms with Gasteiger partial charge in [-0.05, 0) is 37.5 Å². The fourth-order valence-electron chi connectivity index (χ4n) is 3.28. The lowest BCUT2D eigenvalue weighted by molar-refractivity contribution is 0.657. The van der Waals surface area contributed by atoms with Crippen LogP contribution in [0.15, 0.2) is 59.6 Å². The van der Waals surface area contributed by atoms with Gasteiger partial charge in [-0.25, -0.2) is 0 Å². The average molecular weight is 376 g/mol. The van der Waals surface area contributed by atoms with Crippen molar-refractivity contribution in [3.05, 3.63) is 88.2 Å². The van der Waals surface area contributed by atoms with Gasteiger partial charge in [0.15, 0.2) is 5.96 Å². The molecule has 5 nitrogen and oxygen atoms in total. The largest absolute Gasteiger partial charge is 0.352 e. The van der Waals surface area contributed by atoms with E-state index >= 15 is 0 Å². The second-order valence-corrected chi connectivity index (χ2v) is 7.00. The lowest BCUT2D eigenvalue weighted by Gasteiger charge is -2.13. The number of nitrogens with one attached hydrogen (secondary N) is 2. The van der Waals surface area contributed by atoms with Crippen molar-refractivity contribution >= 4 is 5.96 Å². The van der Waals surface area contributed by atoms with E-state index in [2.05, 4.69) is 89.6 Å². The molecule has 0 saturated heterocycles. The number of nitrogens with zero attached hydrogens (tertiary/aromatic N) is 3. The van der Waals surface area contributed by atoms with E-state index in [1.807, 2.05) is 6.07 Å². The van der Waals surface area contributed by atoms with Crippen LogP contribution < -0.4 is 10.6 Å². The van der Waals surface area contributed by atoms with Crippen molar-refractivity contribution < 1.29 is 0 Å². The molecule has 0 amide bonds. The number of guanidine groups is 1. The second-order valence-electron chi connectivity index (χ2n) is 7.00. The van der Waals surface area contributed by atoms with Gasteiger partial charge in [-0.2, -0.15) is 5.10 Å². The maximum Gasteiger partial charge on any atom is 0.191 e. The minimum atomic E-state index is 0.694. The van der Waals surface area contributed by atoms with Crippen LogP contribution in [0.1, 0.15) is 33.6 Å². The first-order chi connectivity index (χ1) is 13.6. The van der Waals surface area contributed by atoms with Crippen molar-refractivity contribution in [1.29, 1.82) is 0 Å². The summed E-state index contributed by atoms with van der Waals surface area (Å²) in [6.45, 7) is 8.55. The molecule has 0 aliphatic heterocycles. The SMILES string of the molecule is CN=C(NCc1ccccc1C)NCc1c(C)nn(Cc2ccccc2)c1C. The van der Waals surface area contributed by atoms with Crippen LogP contribution in [-0.2, 0) is 19.6 Å². The van der Waals surface area contributed by atoms with Crippen molar-refractivity contribution in [2.45, 2.75) is 40.4 Å². The first-order valence-corrected chi connectivity index (χ1v) is 9.64. The summed E-state index contributed by atoms with van der Waals surface area (Å²) >= 11 is 0. The smallest absolute Gasteiger partial charge is 0.191 e. The van der Waals surface area contributed by atoms with E-state index < -0.39 is 0 Å². The van der Waals surface area contributed by atoms with Crippen LogP contribution in [0.3, 0.4) is 0 Å². The molecule has 2 N–H and O–H groups in total. The molecule has 2 aromatic carbocycles. The van der Waals surface area contributed by atoms with Crippen LogP contribution in [-0.4, -0.2) is 22.8 Å². The minimum absolute atomic E-state index is 0.694. The lowest BCUT2D eigenvalue weighted by atomic mass is 10.1. The maximum absolute atomic E-state index is 4.73. The first kappa shape index (κ1) is 19.7. The Morgan fingerprint density at radius 2 is 1.61 bits per heavy atom. The summed E-state index contributed by atoms with van der Waals surface area (Å²) in [5.41, 5.74) is 7.25. The van der Waals surface area contributed by atoms with Gasteiger partial charge in [0.25, 0.3) is 0 Å². The average Bonchev–Trinajstić information content (AvgIpc) is 2.97. The van der Waals surface area contributed by atoms with Crippen LogP contribution in [0.4, 0.5) is 0 Å². The fourth-order valence-corrected chi connectivity index (χ4v) is 3.28. The van der Waals surface area contributed by atoms with Crippen LogP contribution in [0.5, 0.6) is 0 Å². The fraction of sp³-hybridized carbons (Fsp3) is 0.304. The molecule has 1 heterocycles. The molecule has 146 valence electrons. The molecule has 0 radical (unpaired) electrons. The summed E-state index contributed by atoms with van der Waals surface area (Å²) < 4.78 is 2.07. The number of hydrogen-bond acceptors (Lipinski definition) is 2. The van der Waals surface area contributed by atoms with Gasteiger partial charge in [-0.3, -0.25) is 9.67 Å². The number of rotatable bonds is 6. The predicted octanol–water partition coefficient (Wildman–Crippen LogP) is 3.72. The molecule has 0 fully saturated rings. The van der Waals surface area contributed by atoms with E-state index in [0.717, 1.165) is 24.7 Å². The van der Waals surface area contributed by atoms with E-state index in [-0.39, 0.29) is 0 Å². The van der Waals surface area contributed by atoms with Crippen molar-refractivity contribution in [3.8, 4) is 0 Å². The van der Waals surface area contributed by atoms with Crippen LogP contribution in [0.2, 0.25) is 0 Å². The third-order valence-corrected chi connectivity index (χ3v) is 5.07. The van der Waals surface area contributed by atoms with E-state index in [1.165, 1.54) is 27.9 Å². The zero-order valence-corrected chi connectivity index (χ0v) is 17.2. The number of aliphatic imine (C=N–C) groups is 1. The monoisotopic (exact) mass is 375 g/mol. The van der Waals surface area contributed by atoms with Crippen molar-refractivity contribution in [2.24, 2.45) is 4.99 Å². The van der Waals surface area contributed by atoms with Crippen LogP contribution >= 0.6 is 0 Å². The Morgan fingerprint density at radius 3 is 2.32 bits per heavy atom. The number of benzene rings is 2. The standard InChI is InChI=1S/C23H29N5/c1-17-10-8-9-13-21(17)14-25-23(24-4)26-15-22-18(2)27-28(19(22)3)16-20-11-6-5-7-12-20/h5-13H,14-16H2,1-4H3,(H2,24,25,26). The van der Waals surface area contributed by atoms with Gasteiger partial charge < -0.3 is 10.6 Å². The molecule has 0 aliphatic rings. The summed E-state index contributed by atoms with van der Waals surface area (Å²) in [4.78, 5) is 4.35. The summed E-state index contributed by atoms with van der Waals surface area (Å²) in [6, 6.07) is 18.8. The molecule has 28 heavy (non-hydrogen) atoms. The quantitative estimate of drug-likeness (QED) is 0.510. The number of aromatic nitrogens is 2. The molecule has 0 saturated carbocycles. The van der Waals surface area contributed by atoms with E-state index in [1.54, 1.807) is 7.05 Å². The van der Waals surface area contributed by atoms with E-state index in [4.69, 9.17) is 5.10 Å². The third-order valence-electron chi connectivity index (χ3n) is 5.07. The molecule has 0 unspecified atom stereocenters. The summed E-state index contributed by atoms with van der Waals surface area (Å²) in [6.07, 6.45) is 0. The molecule has 1 aromatic heterocycles. The molecule has 0 spiro atoms. The Kier molecular flexibility index (Phi) is 6.48. The van der Waals surface area contributed by atoms with Gasteiger partial charge in [-0.15, -0.1) is 0 Å². The molecule has 0 aliphatic carbocycles.